The van der Waals surface area contributed by atoms with Crippen molar-refractivity contribution in [3.05, 3.63) is 101 Å². The van der Waals surface area contributed by atoms with Gasteiger partial charge in [0, 0.05) is 11.5 Å². The summed E-state index contributed by atoms with van der Waals surface area (Å²) in [5.74, 6) is -0.0550. The Kier molecular flexibility index (Phi) is 7.60. The second-order valence-electron chi connectivity index (χ2n) is 7.97. The van der Waals surface area contributed by atoms with Gasteiger partial charge in [0.2, 0.25) is 0 Å². The van der Waals surface area contributed by atoms with E-state index in [0.29, 0.717) is 17.7 Å². The molecule has 0 radical (unpaired) electrons. The van der Waals surface area contributed by atoms with Crippen LogP contribution in [0.4, 0.5) is 0 Å². The van der Waals surface area contributed by atoms with E-state index < -0.39 is 5.97 Å². The zero-order chi connectivity index (χ0) is 22.2. The van der Waals surface area contributed by atoms with Crippen LogP contribution >= 0.6 is 0 Å². The topological polar surface area (TPSA) is 63.6 Å². The maximum Gasteiger partial charge on any atom is 0.335 e. The van der Waals surface area contributed by atoms with Crippen molar-refractivity contribution in [3.63, 3.8) is 0 Å². The zero-order valence-corrected chi connectivity index (χ0v) is 18.0. The minimum Gasteiger partial charge on any atom is -0.489 e. The number of rotatable bonds is 10. The standard InChI is InChI=1S/C27H28O4/c1-19(2)26(28)24-15-16-25(31-18-21-7-4-3-5-8-21)23(17-24)10-6-9-20-11-13-22(14-12-20)27(29)30/h3-5,7-8,11-17,19H,6,9-10,18H2,1-2H3,(H,29,30). The summed E-state index contributed by atoms with van der Waals surface area (Å²) in [7, 11) is 0. The highest BCUT2D eigenvalue weighted by Crippen LogP contribution is 2.25. The van der Waals surface area contributed by atoms with Crippen LogP contribution in [0, 0.1) is 5.92 Å². The third-order valence-electron chi connectivity index (χ3n) is 5.22. The second kappa shape index (κ2) is 10.6. The van der Waals surface area contributed by atoms with Crippen LogP contribution < -0.4 is 4.74 Å². The van der Waals surface area contributed by atoms with Crippen molar-refractivity contribution < 1.29 is 19.4 Å². The number of aromatic carboxylic acids is 1. The molecule has 1 N–H and O–H groups in total. The van der Waals surface area contributed by atoms with Gasteiger partial charge >= 0.3 is 5.97 Å². The molecular formula is C27H28O4. The van der Waals surface area contributed by atoms with E-state index in [2.05, 4.69) is 0 Å². The Bertz CT molecular complexity index is 1020. The smallest absolute Gasteiger partial charge is 0.335 e. The van der Waals surface area contributed by atoms with Crippen LogP contribution in [0.3, 0.4) is 0 Å². The fraction of sp³-hybridized carbons (Fsp3) is 0.259. The first-order chi connectivity index (χ1) is 14.9. The summed E-state index contributed by atoms with van der Waals surface area (Å²) in [6.45, 7) is 4.28. The van der Waals surface area contributed by atoms with Crippen molar-refractivity contribution in [2.45, 2.75) is 39.7 Å². The van der Waals surface area contributed by atoms with Gasteiger partial charge in [0.15, 0.2) is 5.78 Å². The lowest BCUT2D eigenvalue weighted by Gasteiger charge is -2.14. The van der Waals surface area contributed by atoms with Crippen molar-refractivity contribution in [2.24, 2.45) is 5.92 Å². The Morgan fingerprint density at radius 2 is 1.52 bits per heavy atom. The molecule has 0 spiro atoms. The van der Waals surface area contributed by atoms with Gasteiger partial charge in [-0.15, -0.1) is 0 Å². The number of hydrogen-bond acceptors (Lipinski definition) is 3. The van der Waals surface area contributed by atoms with E-state index in [1.165, 1.54) is 0 Å². The maximum atomic E-state index is 12.5. The molecule has 3 aromatic rings. The molecule has 0 atom stereocenters. The van der Waals surface area contributed by atoms with Crippen molar-refractivity contribution in [3.8, 4) is 5.75 Å². The minimum atomic E-state index is -0.918. The first kappa shape index (κ1) is 22.3. The highest BCUT2D eigenvalue weighted by molar-refractivity contribution is 5.97. The highest BCUT2D eigenvalue weighted by Gasteiger charge is 2.14. The summed E-state index contributed by atoms with van der Waals surface area (Å²) in [5, 5.41) is 9.03. The molecule has 0 amide bonds. The largest absolute Gasteiger partial charge is 0.489 e. The molecule has 0 unspecified atom stereocenters. The molecule has 0 saturated heterocycles. The van der Waals surface area contributed by atoms with Crippen LogP contribution in [0.1, 0.15) is 57.7 Å². The van der Waals surface area contributed by atoms with Gasteiger partial charge in [0.1, 0.15) is 12.4 Å². The molecule has 3 rings (SSSR count). The fourth-order valence-corrected chi connectivity index (χ4v) is 3.43. The van der Waals surface area contributed by atoms with E-state index in [4.69, 9.17) is 9.84 Å². The van der Waals surface area contributed by atoms with E-state index in [-0.39, 0.29) is 11.7 Å². The van der Waals surface area contributed by atoms with Gasteiger partial charge in [0.05, 0.1) is 5.56 Å². The molecule has 4 heteroatoms. The summed E-state index contributed by atoms with van der Waals surface area (Å²) in [6.07, 6.45) is 2.46. The van der Waals surface area contributed by atoms with E-state index >= 15 is 0 Å². The molecule has 0 aliphatic carbocycles. The van der Waals surface area contributed by atoms with Crippen LogP contribution in [0.25, 0.3) is 0 Å². The lowest BCUT2D eigenvalue weighted by molar-refractivity contribution is 0.0696. The number of ketones is 1. The zero-order valence-electron chi connectivity index (χ0n) is 18.0. The quantitative estimate of drug-likeness (QED) is 0.413. The Balaban J connectivity index is 1.71. The number of benzene rings is 3. The summed E-state index contributed by atoms with van der Waals surface area (Å²) in [4.78, 5) is 23.5. The van der Waals surface area contributed by atoms with E-state index in [9.17, 15) is 9.59 Å². The minimum absolute atomic E-state index is 0.0586. The summed E-state index contributed by atoms with van der Waals surface area (Å²) in [5.41, 5.74) is 4.20. The number of ether oxygens (including phenoxy) is 1. The third kappa shape index (κ3) is 6.29. The Morgan fingerprint density at radius 3 is 2.16 bits per heavy atom. The SMILES string of the molecule is CC(C)C(=O)c1ccc(OCc2ccccc2)c(CCCc2ccc(C(=O)O)cc2)c1. The molecule has 0 bridgehead atoms. The Morgan fingerprint density at radius 1 is 0.839 bits per heavy atom. The van der Waals surface area contributed by atoms with Crippen LogP contribution in [-0.2, 0) is 19.4 Å². The second-order valence-corrected chi connectivity index (χ2v) is 7.97. The monoisotopic (exact) mass is 416 g/mol. The number of hydrogen-bond donors (Lipinski definition) is 1. The number of aryl methyl sites for hydroxylation is 2. The van der Waals surface area contributed by atoms with Crippen molar-refractivity contribution in [1.82, 2.24) is 0 Å². The number of carbonyl (C=O) groups excluding carboxylic acids is 1. The highest BCUT2D eigenvalue weighted by atomic mass is 16.5. The normalized spacial score (nSPS) is 10.8. The van der Waals surface area contributed by atoms with Crippen LogP contribution in [0.5, 0.6) is 5.75 Å². The Labute approximate surface area is 183 Å². The lowest BCUT2D eigenvalue weighted by Crippen LogP contribution is -2.09. The van der Waals surface area contributed by atoms with Gasteiger partial charge in [-0.1, -0.05) is 56.3 Å². The van der Waals surface area contributed by atoms with Crippen molar-refractivity contribution in [1.29, 1.82) is 0 Å². The van der Waals surface area contributed by atoms with Gasteiger partial charge in [-0.25, -0.2) is 4.79 Å². The van der Waals surface area contributed by atoms with Crippen molar-refractivity contribution >= 4 is 11.8 Å². The Hall–Kier alpha value is -3.40. The maximum absolute atomic E-state index is 12.5. The lowest BCUT2D eigenvalue weighted by atomic mass is 9.96. The van der Waals surface area contributed by atoms with Gasteiger partial charge in [-0.2, -0.15) is 0 Å². The number of carboxylic acids is 1. The number of carboxylic acid groups (broad SMARTS) is 1. The van der Waals surface area contributed by atoms with E-state index in [1.807, 2.05) is 74.5 Å². The molecule has 0 saturated carbocycles. The summed E-state index contributed by atoms with van der Waals surface area (Å²) < 4.78 is 6.09. The molecule has 0 fully saturated rings. The van der Waals surface area contributed by atoms with Crippen LogP contribution in [-0.4, -0.2) is 16.9 Å². The molecule has 4 nitrogen and oxygen atoms in total. The van der Waals surface area contributed by atoms with Crippen LogP contribution in [0.15, 0.2) is 72.8 Å². The predicted octanol–water partition coefficient (Wildman–Crippen LogP) is 5.98. The van der Waals surface area contributed by atoms with E-state index in [0.717, 1.165) is 41.7 Å². The summed E-state index contributed by atoms with van der Waals surface area (Å²) >= 11 is 0. The molecule has 0 aliphatic rings. The molecule has 160 valence electrons. The molecule has 31 heavy (non-hydrogen) atoms. The van der Waals surface area contributed by atoms with Gasteiger partial charge < -0.3 is 9.84 Å². The van der Waals surface area contributed by atoms with Gasteiger partial charge in [-0.3, -0.25) is 4.79 Å². The third-order valence-corrected chi connectivity index (χ3v) is 5.22. The molecular weight excluding hydrogens is 388 g/mol. The fourth-order valence-electron chi connectivity index (χ4n) is 3.43. The predicted molar refractivity (Wildman–Crippen MR) is 122 cm³/mol. The molecule has 0 aromatic heterocycles. The first-order valence-electron chi connectivity index (χ1n) is 10.6. The average Bonchev–Trinajstić information content (AvgIpc) is 2.78. The molecule has 0 heterocycles. The average molecular weight is 417 g/mol. The number of carbonyl (C=O) groups is 2. The van der Waals surface area contributed by atoms with Gasteiger partial charge in [-0.05, 0) is 66.3 Å². The molecule has 3 aromatic carbocycles. The van der Waals surface area contributed by atoms with Crippen LogP contribution in [0.2, 0.25) is 0 Å². The van der Waals surface area contributed by atoms with Crippen molar-refractivity contribution in [2.75, 3.05) is 0 Å². The van der Waals surface area contributed by atoms with Gasteiger partial charge in [0.25, 0.3) is 0 Å². The summed E-state index contributed by atoms with van der Waals surface area (Å²) in [6, 6.07) is 22.7. The first-order valence-corrected chi connectivity index (χ1v) is 10.6. The molecule has 0 aliphatic heterocycles. The number of Topliss-reactive ketones (excluding diaryl/α,β-unsaturated/α-hetero) is 1. The van der Waals surface area contributed by atoms with E-state index in [1.54, 1.807) is 12.1 Å².